The lowest BCUT2D eigenvalue weighted by molar-refractivity contribution is 0.0974. The summed E-state index contributed by atoms with van der Waals surface area (Å²) in [4.78, 5) is 18.2. The maximum atomic E-state index is 12.1. The number of fused-ring (bicyclic) bond motifs is 1. The van der Waals surface area contributed by atoms with Crippen molar-refractivity contribution in [2.24, 2.45) is 0 Å². The fourth-order valence-electron chi connectivity index (χ4n) is 2.49. The Balaban J connectivity index is 1.55. The molecule has 5 nitrogen and oxygen atoms in total. The highest BCUT2D eigenvalue weighted by Crippen LogP contribution is 2.17. The Hall–Kier alpha value is -2.30. The number of carbonyl (C=O) groups excluding carboxylic acids is 1. The number of hydrogen-bond acceptors (Lipinski definition) is 4. The van der Waals surface area contributed by atoms with E-state index in [4.69, 9.17) is 9.15 Å². The molecule has 0 saturated carbocycles. The van der Waals surface area contributed by atoms with Crippen LogP contribution in [0.15, 0.2) is 34.7 Å². The van der Waals surface area contributed by atoms with Crippen LogP contribution in [0.5, 0.6) is 0 Å². The molecule has 0 spiro atoms. The van der Waals surface area contributed by atoms with Crippen molar-refractivity contribution in [3.8, 4) is 0 Å². The van der Waals surface area contributed by atoms with Gasteiger partial charge in [-0.1, -0.05) is 30.3 Å². The highest BCUT2D eigenvalue weighted by Gasteiger charge is 2.22. The monoisotopic (exact) mass is 286 g/mol. The number of aryl methyl sites for hydroxylation is 1. The average molecular weight is 286 g/mol. The Bertz CT molecular complexity index is 596. The standard InChI is InChI=1S/C16H18N2O3/c1-12-17-14-7-9-18(10-8-15(14)21-12)16(19)20-11-13-5-3-2-4-6-13/h2-6H,7-11H2,1H3. The van der Waals surface area contributed by atoms with Gasteiger partial charge in [0.05, 0.1) is 5.69 Å². The van der Waals surface area contributed by atoms with Gasteiger partial charge in [0.1, 0.15) is 12.4 Å². The summed E-state index contributed by atoms with van der Waals surface area (Å²) in [7, 11) is 0. The largest absolute Gasteiger partial charge is 0.446 e. The molecular formula is C16H18N2O3. The minimum atomic E-state index is -0.277. The van der Waals surface area contributed by atoms with Gasteiger partial charge in [-0.15, -0.1) is 0 Å². The van der Waals surface area contributed by atoms with E-state index in [0.29, 0.717) is 38.4 Å². The van der Waals surface area contributed by atoms with Crippen molar-refractivity contribution in [3.63, 3.8) is 0 Å². The summed E-state index contributed by atoms with van der Waals surface area (Å²) in [6.45, 7) is 3.37. The van der Waals surface area contributed by atoms with Gasteiger partial charge < -0.3 is 14.1 Å². The van der Waals surface area contributed by atoms with E-state index in [1.165, 1.54) is 0 Å². The van der Waals surface area contributed by atoms with Crippen molar-refractivity contribution in [1.82, 2.24) is 9.88 Å². The SMILES string of the molecule is Cc1nc2c(o1)CCN(C(=O)OCc1ccccc1)CC2. The Morgan fingerprint density at radius 2 is 2.05 bits per heavy atom. The second-order valence-electron chi connectivity index (χ2n) is 5.13. The third-order valence-corrected chi connectivity index (χ3v) is 3.58. The first-order chi connectivity index (χ1) is 10.2. The molecule has 0 N–H and O–H groups in total. The molecule has 1 aliphatic rings. The predicted molar refractivity (Wildman–Crippen MR) is 76.8 cm³/mol. The van der Waals surface area contributed by atoms with Crippen molar-refractivity contribution in [2.75, 3.05) is 13.1 Å². The van der Waals surface area contributed by atoms with Crippen LogP contribution in [-0.4, -0.2) is 29.1 Å². The van der Waals surface area contributed by atoms with Gasteiger partial charge >= 0.3 is 6.09 Å². The summed E-state index contributed by atoms with van der Waals surface area (Å²) in [6, 6.07) is 9.69. The van der Waals surface area contributed by atoms with Gasteiger partial charge in [-0.05, 0) is 5.56 Å². The molecule has 21 heavy (non-hydrogen) atoms. The lowest BCUT2D eigenvalue weighted by atomic mass is 10.2. The smallest absolute Gasteiger partial charge is 0.410 e. The van der Waals surface area contributed by atoms with E-state index in [1.807, 2.05) is 37.3 Å². The number of ether oxygens (including phenoxy) is 1. The van der Waals surface area contributed by atoms with Crippen LogP contribution in [0.3, 0.4) is 0 Å². The Morgan fingerprint density at radius 1 is 1.29 bits per heavy atom. The second kappa shape index (κ2) is 5.99. The molecule has 1 aromatic heterocycles. The first-order valence-electron chi connectivity index (χ1n) is 7.13. The van der Waals surface area contributed by atoms with E-state index in [1.54, 1.807) is 4.90 Å². The van der Waals surface area contributed by atoms with E-state index >= 15 is 0 Å². The van der Waals surface area contributed by atoms with Crippen LogP contribution in [-0.2, 0) is 24.2 Å². The fourth-order valence-corrected chi connectivity index (χ4v) is 2.49. The number of oxazole rings is 1. The molecule has 1 aliphatic heterocycles. The van der Waals surface area contributed by atoms with Crippen molar-refractivity contribution >= 4 is 6.09 Å². The Kier molecular flexibility index (Phi) is 3.90. The molecule has 0 radical (unpaired) electrons. The van der Waals surface area contributed by atoms with E-state index < -0.39 is 0 Å². The van der Waals surface area contributed by atoms with Gasteiger partial charge in [0, 0.05) is 32.9 Å². The summed E-state index contributed by atoms with van der Waals surface area (Å²) in [5.41, 5.74) is 1.95. The van der Waals surface area contributed by atoms with Crippen LogP contribution in [0.1, 0.15) is 22.9 Å². The molecule has 2 aromatic rings. The van der Waals surface area contributed by atoms with Gasteiger partial charge in [-0.3, -0.25) is 0 Å². The third-order valence-electron chi connectivity index (χ3n) is 3.58. The van der Waals surface area contributed by atoms with Crippen LogP contribution in [0.2, 0.25) is 0 Å². The lowest BCUT2D eigenvalue weighted by Crippen LogP contribution is -2.33. The molecular weight excluding hydrogens is 268 g/mol. The zero-order valence-electron chi connectivity index (χ0n) is 12.0. The molecule has 0 unspecified atom stereocenters. The molecule has 110 valence electrons. The Labute approximate surface area is 123 Å². The van der Waals surface area contributed by atoms with Crippen LogP contribution in [0.25, 0.3) is 0 Å². The number of benzene rings is 1. The zero-order valence-corrected chi connectivity index (χ0v) is 12.0. The number of carbonyl (C=O) groups is 1. The summed E-state index contributed by atoms with van der Waals surface area (Å²) < 4.78 is 10.9. The van der Waals surface area contributed by atoms with Gasteiger partial charge in [0.15, 0.2) is 5.89 Å². The van der Waals surface area contributed by atoms with Gasteiger partial charge in [0.25, 0.3) is 0 Å². The van der Waals surface area contributed by atoms with Gasteiger partial charge in [-0.2, -0.15) is 0 Å². The number of nitrogens with zero attached hydrogens (tertiary/aromatic N) is 2. The summed E-state index contributed by atoms with van der Waals surface area (Å²) in [5.74, 6) is 1.59. The minimum absolute atomic E-state index is 0.277. The van der Waals surface area contributed by atoms with Crippen LogP contribution in [0, 0.1) is 6.92 Å². The number of amides is 1. The second-order valence-corrected chi connectivity index (χ2v) is 5.13. The molecule has 1 aromatic carbocycles. The molecule has 2 heterocycles. The van der Waals surface area contributed by atoms with E-state index in [0.717, 1.165) is 17.0 Å². The number of rotatable bonds is 2. The molecule has 1 amide bonds. The molecule has 0 fully saturated rings. The highest BCUT2D eigenvalue weighted by molar-refractivity contribution is 5.67. The first kappa shape index (κ1) is 13.7. The van der Waals surface area contributed by atoms with Gasteiger partial charge in [0.2, 0.25) is 0 Å². The summed E-state index contributed by atoms with van der Waals surface area (Å²) in [5, 5.41) is 0. The summed E-state index contributed by atoms with van der Waals surface area (Å²) >= 11 is 0. The molecule has 3 rings (SSSR count). The van der Waals surface area contributed by atoms with Crippen LogP contribution in [0.4, 0.5) is 4.79 Å². The molecule has 0 bridgehead atoms. The number of hydrogen-bond donors (Lipinski definition) is 0. The first-order valence-corrected chi connectivity index (χ1v) is 7.13. The average Bonchev–Trinajstić information content (AvgIpc) is 2.74. The Morgan fingerprint density at radius 3 is 2.86 bits per heavy atom. The predicted octanol–water partition coefficient (Wildman–Crippen LogP) is 2.72. The van der Waals surface area contributed by atoms with E-state index in [9.17, 15) is 4.79 Å². The maximum absolute atomic E-state index is 12.1. The zero-order chi connectivity index (χ0) is 14.7. The van der Waals surface area contributed by atoms with Crippen LogP contribution < -0.4 is 0 Å². The van der Waals surface area contributed by atoms with Crippen molar-refractivity contribution in [3.05, 3.63) is 53.2 Å². The van der Waals surface area contributed by atoms with Crippen molar-refractivity contribution in [1.29, 1.82) is 0 Å². The topological polar surface area (TPSA) is 55.6 Å². The summed E-state index contributed by atoms with van der Waals surface area (Å²) in [6.07, 6.45) is 1.13. The van der Waals surface area contributed by atoms with Crippen molar-refractivity contribution < 1.29 is 13.9 Å². The third kappa shape index (κ3) is 3.24. The quantitative estimate of drug-likeness (QED) is 0.851. The fraction of sp³-hybridized carbons (Fsp3) is 0.375. The van der Waals surface area contributed by atoms with Crippen molar-refractivity contribution in [2.45, 2.75) is 26.4 Å². The molecule has 0 aliphatic carbocycles. The molecule has 5 heteroatoms. The highest BCUT2D eigenvalue weighted by atomic mass is 16.6. The maximum Gasteiger partial charge on any atom is 0.410 e. The number of aromatic nitrogens is 1. The van der Waals surface area contributed by atoms with E-state index in [2.05, 4.69) is 4.98 Å². The lowest BCUT2D eigenvalue weighted by Gasteiger charge is -2.19. The normalized spacial score (nSPS) is 14.4. The molecule has 0 saturated heterocycles. The van der Waals surface area contributed by atoms with E-state index in [-0.39, 0.29) is 6.09 Å². The molecule has 0 atom stereocenters. The van der Waals surface area contributed by atoms with Gasteiger partial charge in [-0.25, -0.2) is 9.78 Å². The van der Waals surface area contributed by atoms with Crippen LogP contribution >= 0.6 is 0 Å². The minimum Gasteiger partial charge on any atom is -0.446 e.